The van der Waals surface area contributed by atoms with E-state index < -0.39 is 0 Å². The van der Waals surface area contributed by atoms with Gasteiger partial charge in [-0.3, -0.25) is 9.78 Å². The maximum atomic E-state index is 12.9. The van der Waals surface area contributed by atoms with Crippen LogP contribution in [-0.2, 0) is 0 Å². The number of pyridine rings is 1. The van der Waals surface area contributed by atoms with E-state index in [1.54, 1.807) is 6.20 Å². The van der Waals surface area contributed by atoms with Crippen LogP contribution in [0.1, 0.15) is 48.7 Å². The number of aliphatic hydroxyl groups excluding tert-OH is 1. The van der Waals surface area contributed by atoms with Crippen molar-refractivity contribution in [3.8, 4) is 0 Å². The van der Waals surface area contributed by atoms with Gasteiger partial charge in [0.25, 0.3) is 5.91 Å². The predicted octanol–water partition coefficient (Wildman–Crippen LogP) is 2.20. The number of aliphatic hydroxyl groups is 1. The zero-order valence-electron chi connectivity index (χ0n) is 12.9. The van der Waals surface area contributed by atoms with Crippen LogP contribution in [0.25, 0.3) is 0 Å². The van der Waals surface area contributed by atoms with E-state index in [0.29, 0.717) is 24.6 Å². The Hall–Kier alpha value is -1.62. The third kappa shape index (κ3) is 3.73. The van der Waals surface area contributed by atoms with E-state index in [4.69, 9.17) is 5.11 Å². The summed E-state index contributed by atoms with van der Waals surface area (Å²) >= 11 is 0. The second-order valence-electron chi connectivity index (χ2n) is 5.56. The minimum atomic E-state index is 0.0246. The molecule has 1 aliphatic carbocycles. The van der Waals surface area contributed by atoms with Crippen LogP contribution in [0.4, 0.5) is 5.69 Å². The van der Waals surface area contributed by atoms with Crippen molar-refractivity contribution in [3.05, 3.63) is 23.5 Å². The summed E-state index contributed by atoms with van der Waals surface area (Å²) in [6.07, 6.45) is 5.60. The number of rotatable bonds is 7. The fourth-order valence-corrected chi connectivity index (χ4v) is 2.61. The molecule has 1 fully saturated rings. The third-order valence-electron chi connectivity index (χ3n) is 3.97. The van der Waals surface area contributed by atoms with Gasteiger partial charge in [0.05, 0.1) is 11.3 Å². The topological polar surface area (TPSA) is 65.5 Å². The maximum absolute atomic E-state index is 12.9. The van der Waals surface area contributed by atoms with E-state index in [2.05, 4.69) is 10.3 Å². The number of hydrogen-bond donors (Lipinski definition) is 2. The summed E-state index contributed by atoms with van der Waals surface area (Å²) in [5, 5.41) is 12.3. The number of anilines is 1. The Morgan fingerprint density at radius 2 is 2.29 bits per heavy atom. The Morgan fingerprint density at radius 1 is 1.52 bits per heavy atom. The van der Waals surface area contributed by atoms with Gasteiger partial charge in [-0.05, 0) is 45.6 Å². The Balaban J connectivity index is 2.22. The van der Waals surface area contributed by atoms with Crippen molar-refractivity contribution in [1.82, 2.24) is 9.88 Å². The SMILES string of the molecule is CCNc1cc(C)ncc1C(=O)N(CCCO)C1CCC1. The molecule has 2 rings (SSSR count). The largest absolute Gasteiger partial charge is 0.396 e. The average molecular weight is 291 g/mol. The second-order valence-corrected chi connectivity index (χ2v) is 5.56. The van der Waals surface area contributed by atoms with Gasteiger partial charge in [0, 0.05) is 37.6 Å². The van der Waals surface area contributed by atoms with E-state index in [0.717, 1.165) is 30.8 Å². The first-order valence-corrected chi connectivity index (χ1v) is 7.79. The molecule has 1 heterocycles. The van der Waals surface area contributed by atoms with E-state index in [1.165, 1.54) is 6.42 Å². The summed E-state index contributed by atoms with van der Waals surface area (Å²) in [7, 11) is 0. The van der Waals surface area contributed by atoms with Crippen LogP contribution in [-0.4, -0.2) is 46.6 Å². The highest BCUT2D eigenvalue weighted by Crippen LogP contribution is 2.28. The average Bonchev–Trinajstić information content (AvgIpc) is 2.41. The van der Waals surface area contributed by atoms with Crippen molar-refractivity contribution in [2.24, 2.45) is 0 Å². The first-order chi connectivity index (χ1) is 10.2. The van der Waals surface area contributed by atoms with Gasteiger partial charge in [0.2, 0.25) is 0 Å². The Labute approximate surface area is 126 Å². The van der Waals surface area contributed by atoms with Gasteiger partial charge >= 0.3 is 0 Å². The van der Waals surface area contributed by atoms with Gasteiger partial charge in [-0.1, -0.05) is 0 Å². The molecule has 21 heavy (non-hydrogen) atoms. The molecule has 5 nitrogen and oxygen atoms in total. The highest BCUT2D eigenvalue weighted by Gasteiger charge is 2.30. The summed E-state index contributed by atoms with van der Waals surface area (Å²) < 4.78 is 0. The van der Waals surface area contributed by atoms with Crippen LogP contribution < -0.4 is 5.32 Å². The predicted molar refractivity (Wildman–Crippen MR) is 83.5 cm³/mol. The molecule has 1 amide bonds. The van der Waals surface area contributed by atoms with Crippen molar-refractivity contribution in [2.45, 2.75) is 45.6 Å². The van der Waals surface area contributed by atoms with E-state index in [1.807, 2.05) is 24.8 Å². The molecule has 0 aliphatic heterocycles. The van der Waals surface area contributed by atoms with Crippen molar-refractivity contribution in [2.75, 3.05) is 25.0 Å². The monoisotopic (exact) mass is 291 g/mol. The smallest absolute Gasteiger partial charge is 0.257 e. The number of carbonyl (C=O) groups excluding carboxylic acids is 1. The second kappa shape index (κ2) is 7.41. The molecule has 0 spiro atoms. The van der Waals surface area contributed by atoms with Crippen molar-refractivity contribution in [1.29, 1.82) is 0 Å². The Morgan fingerprint density at radius 3 is 2.86 bits per heavy atom. The normalized spacial score (nSPS) is 14.6. The minimum Gasteiger partial charge on any atom is -0.396 e. The number of nitrogens with zero attached hydrogens (tertiary/aromatic N) is 2. The summed E-state index contributed by atoms with van der Waals surface area (Å²) in [5.41, 5.74) is 2.38. The van der Waals surface area contributed by atoms with Crippen LogP contribution in [0.5, 0.6) is 0 Å². The molecule has 0 unspecified atom stereocenters. The number of nitrogens with one attached hydrogen (secondary N) is 1. The number of carbonyl (C=O) groups is 1. The van der Waals surface area contributed by atoms with Crippen LogP contribution in [0.3, 0.4) is 0 Å². The molecule has 0 atom stereocenters. The van der Waals surface area contributed by atoms with Gasteiger partial charge in [-0.25, -0.2) is 0 Å². The van der Waals surface area contributed by atoms with Gasteiger partial charge in [-0.15, -0.1) is 0 Å². The lowest BCUT2D eigenvalue weighted by atomic mass is 9.90. The molecule has 0 radical (unpaired) electrons. The fourth-order valence-electron chi connectivity index (χ4n) is 2.61. The molecular weight excluding hydrogens is 266 g/mol. The Kier molecular flexibility index (Phi) is 5.56. The van der Waals surface area contributed by atoms with Gasteiger partial charge in [0.1, 0.15) is 0 Å². The molecule has 1 saturated carbocycles. The first-order valence-electron chi connectivity index (χ1n) is 7.79. The molecule has 1 aromatic rings. The number of amides is 1. The van der Waals surface area contributed by atoms with Crippen LogP contribution >= 0.6 is 0 Å². The number of aromatic nitrogens is 1. The van der Waals surface area contributed by atoms with Crippen molar-refractivity contribution in [3.63, 3.8) is 0 Å². The maximum Gasteiger partial charge on any atom is 0.257 e. The molecule has 0 bridgehead atoms. The third-order valence-corrected chi connectivity index (χ3v) is 3.97. The molecular formula is C16H25N3O2. The van der Waals surface area contributed by atoms with Crippen molar-refractivity contribution >= 4 is 11.6 Å². The molecule has 0 aromatic carbocycles. The zero-order valence-corrected chi connectivity index (χ0v) is 12.9. The van der Waals surface area contributed by atoms with E-state index >= 15 is 0 Å². The van der Waals surface area contributed by atoms with E-state index in [-0.39, 0.29) is 12.5 Å². The molecule has 1 aromatic heterocycles. The number of aryl methyl sites for hydroxylation is 1. The molecule has 2 N–H and O–H groups in total. The molecule has 1 aliphatic rings. The van der Waals surface area contributed by atoms with Gasteiger partial charge in [-0.2, -0.15) is 0 Å². The lowest BCUT2D eigenvalue weighted by molar-refractivity contribution is 0.0563. The quantitative estimate of drug-likeness (QED) is 0.808. The number of hydrogen-bond acceptors (Lipinski definition) is 4. The van der Waals surface area contributed by atoms with Gasteiger partial charge in [0.15, 0.2) is 0 Å². The highest BCUT2D eigenvalue weighted by molar-refractivity contribution is 5.99. The summed E-state index contributed by atoms with van der Waals surface area (Å²) in [5.74, 6) is 0.0246. The van der Waals surface area contributed by atoms with Crippen LogP contribution in [0.2, 0.25) is 0 Å². The standard InChI is InChI=1S/C16H25N3O2/c1-3-17-15-10-12(2)18-11-14(15)16(21)19(8-5-9-20)13-6-4-7-13/h10-11,13,20H,3-9H2,1-2H3,(H,17,18). The minimum absolute atomic E-state index is 0.0246. The van der Waals surface area contributed by atoms with Crippen LogP contribution in [0, 0.1) is 6.92 Å². The van der Waals surface area contributed by atoms with Crippen LogP contribution in [0.15, 0.2) is 12.3 Å². The lowest BCUT2D eigenvalue weighted by Crippen LogP contribution is -2.45. The lowest BCUT2D eigenvalue weighted by Gasteiger charge is -2.38. The first kappa shape index (κ1) is 15.8. The summed E-state index contributed by atoms with van der Waals surface area (Å²) in [4.78, 5) is 19.0. The molecule has 116 valence electrons. The Bertz CT molecular complexity index is 486. The van der Waals surface area contributed by atoms with E-state index in [9.17, 15) is 4.79 Å². The fraction of sp³-hybridized carbons (Fsp3) is 0.625. The molecule has 5 heteroatoms. The summed E-state index contributed by atoms with van der Waals surface area (Å²) in [6.45, 7) is 5.43. The van der Waals surface area contributed by atoms with Crippen molar-refractivity contribution < 1.29 is 9.90 Å². The highest BCUT2D eigenvalue weighted by atomic mass is 16.3. The zero-order chi connectivity index (χ0) is 15.2. The van der Waals surface area contributed by atoms with Gasteiger partial charge < -0.3 is 15.3 Å². The summed E-state index contributed by atoms with van der Waals surface area (Å²) in [6, 6.07) is 2.24. The molecule has 0 saturated heterocycles.